The summed E-state index contributed by atoms with van der Waals surface area (Å²) in [5, 5.41) is 8.82. The van der Waals surface area contributed by atoms with Crippen molar-refractivity contribution >= 4 is 0 Å². The predicted molar refractivity (Wildman–Crippen MR) is 30.9 cm³/mol. The molecule has 0 aromatic carbocycles. The Morgan fingerprint density at radius 2 is 2.12 bits per heavy atom. The van der Waals surface area contributed by atoms with Gasteiger partial charge in [-0.1, -0.05) is 0 Å². The van der Waals surface area contributed by atoms with Gasteiger partial charge in [0.15, 0.2) is 0 Å². The summed E-state index contributed by atoms with van der Waals surface area (Å²) in [4.78, 5) is 0. The van der Waals surface area contributed by atoms with E-state index < -0.39 is 0 Å². The van der Waals surface area contributed by atoms with Crippen molar-refractivity contribution in [1.82, 2.24) is 0 Å². The summed E-state index contributed by atoms with van der Waals surface area (Å²) in [6, 6.07) is 0. The zero-order valence-corrected chi connectivity index (χ0v) is 4.72. The van der Waals surface area contributed by atoms with E-state index >= 15 is 0 Å². The van der Waals surface area contributed by atoms with E-state index in [0.717, 1.165) is 18.5 Å². The molecular weight excluding hydrogens is 102 g/mol. The van der Waals surface area contributed by atoms with Crippen molar-refractivity contribution in [2.75, 3.05) is 0 Å². The van der Waals surface area contributed by atoms with Crippen molar-refractivity contribution in [3.8, 4) is 0 Å². The number of allylic oxidation sites excluding steroid dienone is 4. The van der Waals surface area contributed by atoms with Gasteiger partial charge >= 0.3 is 0 Å². The Morgan fingerprint density at radius 1 is 1.38 bits per heavy atom. The molecule has 0 heterocycles. The van der Waals surface area contributed by atoms with Crippen LogP contribution in [-0.2, 0) is 0 Å². The van der Waals surface area contributed by atoms with Crippen molar-refractivity contribution in [2.45, 2.75) is 12.8 Å². The SMILES string of the molecule is [NH3+]C1=CC=C(O)CC1. The average Bonchev–Trinajstić information content (AvgIpc) is 1.77. The first kappa shape index (κ1) is 5.38. The molecule has 0 aliphatic heterocycles. The first-order valence-electron chi connectivity index (χ1n) is 2.69. The molecule has 1 aliphatic carbocycles. The topological polar surface area (TPSA) is 47.9 Å². The molecule has 0 saturated carbocycles. The van der Waals surface area contributed by atoms with E-state index in [4.69, 9.17) is 5.11 Å². The van der Waals surface area contributed by atoms with Crippen LogP contribution >= 0.6 is 0 Å². The first-order chi connectivity index (χ1) is 3.79. The number of aliphatic hydroxyl groups is 1. The van der Waals surface area contributed by atoms with Crippen LogP contribution < -0.4 is 5.73 Å². The van der Waals surface area contributed by atoms with Gasteiger partial charge in [0, 0.05) is 12.8 Å². The molecule has 1 aliphatic rings. The molecule has 0 aromatic heterocycles. The van der Waals surface area contributed by atoms with Crippen LogP contribution in [0.15, 0.2) is 23.6 Å². The second-order valence-electron chi connectivity index (χ2n) is 1.98. The predicted octanol–water partition coefficient (Wildman–Crippen LogP) is 0.348. The number of rotatable bonds is 0. The molecule has 0 unspecified atom stereocenters. The van der Waals surface area contributed by atoms with Gasteiger partial charge in [0.2, 0.25) is 0 Å². The molecule has 0 saturated heterocycles. The smallest absolute Gasteiger partial charge is 0.104 e. The Hall–Kier alpha value is -0.760. The third-order valence-corrected chi connectivity index (χ3v) is 1.21. The second-order valence-corrected chi connectivity index (χ2v) is 1.98. The molecule has 4 N–H and O–H groups in total. The molecule has 1 rings (SSSR count). The van der Waals surface area contributed by atoms with Crippen molar-refractivity contribution < 1.29 is 10.8 Å². The summed E-state index contributed by atoms with van der Waals surface area (Å²) in [7, 11) is 0. The van der Waals surface area contributed by atoms with Crippen molar-refractivity contribution in [2.24, 2.45) is 0 Å². The quantitative estimate of drug-likeness (QED) is 0.466. The minimum Gasteiger partial charge on any atom is -0.512 e. The lowest BCUT2D eigenvalue weighted by Crippen LogP contribution is -2.47. The maximum atomic E-state index is 8.82. The van der Waals surface area contributed by atoms with Gasteiger partial charge in [0.1, 0.15) is 5.70 Å². The lowest BCUT2D eigenvalue weighted by Gasteiger charge is -2.01. The van der Waals surface area contributed by atoms with E-state index in [9.17, 15) is 0 Å². The van der Waals surface area contributed by atoms with Gasteiger partial charge in [0.25, 0.3) is 0 Å². The second kappa shape index (κ2) is 2.01. The van der Waals surface area contributed by atoms with Crippen molar-refractivity contribution in [3.05, 3.63) is 23.6 Å². The van der Waals surface area contributed by atoms with E-state index in [2.05, 4.69) is 5.73 Å². The van der Waals surface area contributed by atoms with E-state index in [-0.39, 0.29) is 0 Å². The lowest BCUT2D eigenvalue weighted by molar-refractivity contribution is -0.307. The Morgan fingerprint density at radius 3 is 2.50 bits per heavy atom. The minimum absolute atomic E-state index is 0.470. The summed E-state index contributed by atoms with van der Waals surface area (Å²) in [6.45, 7) is 0. The van der Waals surface area contributed by atoms with E-state index in [1.165, 1.54) is 0 Å². The van der Waals surface area contributed by atoms with Crippen molar-refractivity contribution in [3.63, 3.8) is 0 Å². The number of hydrogen-bond donors (Lipinski definition) is 2. The molecule has 2 heteroatoms. The van der Waals surface area contributed by atoms with E-state index in [1.807, 2.05) is 6.08 Å². The molecule has 0 atom stereocenters. The van der Waals surface area contributed by atoms with Crippen LogP contribution in [0.4, 0.5) is 0 Å². The highest BCUT2D eigenvalue weighted by molar-refractivity contribution is 5.14. The number of hydrogen-bond acceptors (Lipinski definition) is 1. The van der Waals surface area contributed by atoms with Crippen LogP contribution in [-0.4, -0.2) is 5.11 Å². The normalized spacial score (nSPS) is 19.6. The Labute approximate surface area is 48.3 Å². The zero-order valence-electron chi connectivity index (χ0n) is 4.72. The average molecular weight is 112 g/mol. The molecule has 8 heavy (non-hydrogen) atoms. The van der Waals surface area contributed by atoms with Gasteiger partial charge in [-0.05, 0) is 12.2 Å². The van der Waals surface area contributed by atoms with Gasteiger partial charge in [-0.25, -0.2) is 0 Å². The van der Waals surface area contributed by atoms with Gasteiger partial charge in [-0.3, -0.25) is 0 Å². The number of quaternary nitrogens is 1. The molecule has 0 amide bonds. The third-order valence-electron chi connectivity index (χ3n) is 1.21. The van der Waals surface area contributed by atoms with Crippen LogP contribution in [0.25, 0.3) is 0 Å². The maximum absolute atomic E-state index is 8.82. The molecule has 2 nitrogen and oxygen atoms in total. The van der Waals surface area contributed by atoms with Crippen LogP contribution in [0.3, 0.4) is 0 Å². The molecular formula is C6H10NO+. The molecule has 0 spiro atoms. The Bertz CT molecular complexity index is 129. The van der Waals surface area contributed by atoms with E-state index in [0.29, 0.717) is 5.76 Å². The fraction of sp³-hybridized carbons (Fsp3) is 0.333. The standard InChI is InChI=1S/C6H9NO/c7-5-1-3-6(8)4-2-5/h1,3,8H,2,4,7H2/p+1. The molecule has 44 valence electrons. The summed E-state index contributed by atoms with van der Waals surface area (Å²) in [5.74, 6) is 0.470. The largest absolute Gasteiger partial charge is 0.512 e. The monoisotopic (exact) mass is 112 g/mol. The first-order valence-corrected chi connectivity index (χ1v) is 2.69. The summed E-state index contributed by atoms with van der Waals surface area (Å²) in [5.41, 5.74) is 4.84. The van der Waals surface area contributed by atoms with Crippen molar-refractivity contribution in [1.29, 1.82) is 0 Å². The highest BCUT2D eigenvalue weighted by Crippen LogP contribution is 2.09. The highest BCUT2D eigenvalue weighted by atomic mass is 16.3. The number of aliphatic hydroxyl groups excluding tert-OH is 1. The van der Waals surface area contributed by atoms with Crippen LogP contribution in [0.5, 0.6) is 0 Å². The molecule has 0 aromatic rings. The van der Waals surface area contributed by atoms with Crippen LogP contribution in [0.2, 0.25) is 0 Å². The summed E-state index contributed by atoms with van der Waals surface area (Å²) in [6.07, 6.45) is 5.21. The Balaban J connectivity index is 2.65. The Kier molecular flexibility index (Phi) is 1.35. The van der Waals surface area contributed by atoms with Gasteiger partial charge in [-0.15, -0.1) is 0 Å². The van der Waals surface area contributed by atoms with Gasteiger partial charge in [-0.2, -0.15) is 0 Å². The van der Waals surface area contributed by atoms with Gasteiger partial charge < -0.3 is 10.8 Å². The summed E-state index contributed by atoms with van der Waals surface area (Å²) >= 11 is 0. The summed E-state index contributed by atoms with van der Waals surface area (Å²) < 4.78 is 0. The minimum atomic E-state index is 0.470. The molecule has 0 radical (unpaired) electrons. The van der Waals surface area contributed by atoms with E-state index in [1.54, 1.807) is 6.08 Å². The van der Waals surface area contributed by atoms with Gasteiger partial charge in [0.05, 0.1) is 5.76 Å². The van der Waals surface area contributed by atoms with Crippen LogP contribution in [0.1, 0.15) is 12.8 Å². The lowest BCUT2D eigenvalue weighted by atomic mass is 10.1. The molecule has 0 bridgehead atoms. The molecule has 0 fully saturated rings. The van der Waals surface area contributed by atoms with Crippen LogP contribution in [0, 0.1) is 0 Å². The zero-order chi connectivity index (χ0) is 5.98. The fourth-order valence-electron chi connectivity index (χ4n) is 0.669. The third kappa shape index (κ3) is 1.10. The fourth-order valence-corrected chi connectivity index (χ4v) is 0.669. The maximum Gasteiger partial charge on any atom is 0.104 e. The highest BCUT2D eigenvalue weighted by Gasteiger charge is 2.02.